The minimum Gasteiger partial charge on any atom is -0.421 e. The molecule has 1 saturated heterocycles. The van der Waals surface area contributed by atoms with Gasteiger partial charge in [-0.2, -0.15) is 0 Å². The Bertz CT molecular complexity index is 931. The van der Waals surface area contributed by atoms with Gasteiger partial charge in [-0.25, -0.2) is 0 Å². The normalized spacial score (nSPS) is 14.7. The minimum atomic E-state index is -0.0781. The van der Waals surface area contributed by atoms with Gasteiger partial charge < -0.3 is 14.6 Å². The smallest absolute Gasteiger partial charge is 0.249 e. The second-order valence-electron chi connectivity index (χ2n) is 7.51. The molecule has 7 nitrogen and oxygen atoms in total. The quantitative estimate of drug-likeness (QED) is 0.685. The van der Waals surface area contributed by atoms with E-state index in [-0.39, 0.29) is 12.3 Å². The van der Waals surface area contributed by atoms with E-state index < -0.39 is 0 Å². The summed E-state index contributed by atoms with van der Waals surface area (Å²) in [5.74, 6) is 1.58. The summed E-state index contributed by atoms with van der Waals surface area (Å²) in [7, 11) is 0. The van der Waals surface area contributed by atoms with Crippen LogP contribution < -0.4 is 10.2 Å². The number of benzene rings is 1. The van der Waals surface area contributed by atoms with Crippen LogP contribution in [0.5, 0.6) is 0 Å². The summed E-state index contributed by atoms with van der Waals surface area (Å²) in [4.78, 5) is 18.7. The zero-order chi connectivity index (χ0) is 20.1. The molecule has 2 aromatic heterocycles. The number of rotatable bonds is 6. The van der Waals surface area contributed by atoms with Gasteiger partial charge in [-0.3, -0.25) is 9.78 Å². The molecule has 3 aromatic rings. The van der Waals surface area contributed by atoms with E-state index in [0.29, 0.717) is 18.2 Å². The Morgan fingerprint density at radius 1 is 1.17 bits per heavy atom. The molecule has 1 amide bonds. The highest BCUT2D eigenvalue weighted by atomic mass is 16.4. The summed E-state index contributed by atoms with van der Waals surface area (Å²) in [5.41, 5.74) is 2.77. The van der Waals surface area contributed by atoms with E-state index in [2.05, 4.69) is 44.5 Å². The van der Waals surface area contributed by atoms with Crippen molar-refractivity contribution in [3.05, 3.63) is 54.7 Å². The van der Waals surface area contributed by atoms with Crippen molar-refractivity contribution in [3.63, 3.8) is 0 Å². The Morgan fingerprint density at radius 3 is 2.69 bits per heavy atom. The SMILES string of the molecule is CC1CCN(c2ccc(NC(=O)CCc3nnc(-c4cccnc4)o3)cc2)CC1. The van der Waals surface area contributed by atoms with E-state index in [9.17, 15) is 4.79 Å². The molecule has 4 rings (SSSR count). The maximum absolute atomic E-state index is 12.3. The average molecular weight is 391 g/mol. The number of amides is 1. The van der Waals surface area contributed by atoms with Crippen LogP contribution in [0.1, 0.15) is 32.1 Å². The third kappa shape index (κ3) is 4.99. The Hall–Kier alpha value is -3.22. The number of carbonyl (C=O) groups is 1. The number of piperidine rings is 1. The first-order valence-electron chi connectivity index (χ1n) is 10.0. The third-order valence-corrected chi connectivity index (χ3v) is 5.24. The highest BCUT2D eigenvalue weighted by Crippen LogP contribution is 2.24. The highest BCUT2D eigenvalue weighted by molar-refractivity contribution is 5.90. The molecule has 0 spiro atoms. The van der Waals surface area contributed by atoms with Crippen LogP contribution in [0.3, 0.4) is 0 Å². The topological polar surface area (TPSA) is 84.2 Å². The van der Waals surface area contributed by atoms with Crippen molar-refractivity contribution >= 4 is 17.3 Å². The summed E-state index contributed by atoms with van der Waals surface area (Å²) < 4.78 is 5.61. The van der Waals surface area contributed by atoms with Crippen LogP contribution >= 0.6 is 0 Å². The summed E-state index contributed by atoms with van der Waals surface area (Å²) in [6.45, 7) is 4.50. The fourth-order valence-corrected chi connectivity index (χ4v) is 3.43. The molecule has 1 fully saturated rings. The van der Waals surface area contributed by atoms with Crippen molar-refractivity contribution < 1.29 is 9.21 Å². The first kappa shape index (κ1) is 19.1. The summed E-state index contributed by atoms with van der Waals surface area (Å²) in [6, 6.07) is 11.7. The monoisotopic (exact) mass is 391 g/mol. The number of nitrogens with one attached hydrogen (secondary N) is 1. The Balaban J connectivity index is 1.27. The number of aryl methyl sites for hydroxylation is 1. The molecule has 29 heavy (non-hydrogen) atoms. The maximum atomic E-state index is 12.3. The summed E-state index contributed by atoms with van der Waals surface area (Å²) in [6.07, 6.45) is 6.49. The lowest BCUT2D eigenvalue weighted by Crippen LogP contribution is -2.32. The molecule has 1 aliphatic rings. The third-order valence-electron chi connectivity index (χ3n) is 5.24. The van der Waals surface area contributed by atoms with Crippen LogP contribution in [0.4, 0.5) is 11.4 Å². The predicted molar refractivity (Wildman–Crippen MR) is 112 cm³/mol. The number of hydrogen-bond donors (Lipinski definition) is 1. The predicted octanol–water partition coefficient (Wildman–Crippen LogP) is 3.94. The number of hydrogen-bond acceptors (Lipinski definition) is 6. The molecular formula is C22H25N5O2. The molecule has 150 valence electrons. The van der Waals surface area contributed by atoms with E-state index in [1.54, 1.807) is 12.4 Å². The van der Waals surface area contributed by atoms with Crippen LogP contribution in [0, 0.1) is 5.92 Å². The Morgan fingerprint density at radius 2 is 1.97 bits per heavy atom. The van der Waals surface area contributed by atoms with Crippen molar-refractivity contribution in [1.82, 2.24) is 15.2 Å². The van der Waals surface area contributed by atoms with E-state index in [0.717, 1.165) is 30.3 Å². The van der Waals surface area contributed by atoms with Crippen LogP contribution in [-0.4, -0.2) is 34.2 Å². The molecule has 1 aromatic carbocycles. The zero-order valence-corrected chi connectivity index (χ0v) is 16.5. The van der Waals surface area contributed by atoms with Crippen molar-refractivity contribution in [3.8, 4) is 11.5 Å². The maximum Gasteiger partial charge on any atom is 0.249 e. The summed E-state index contributed by atoms with van der Waals surface area (Å²) >= 11 is 0. The van der Waals surface area contributed by atoms with Crippen LogP contribution in [0.15, 0.2) is 53.2 Å². The van der Waals surface area contributed by atoms with Crippen molar-refractivity contribution in [2.75, 3.05) is 23.3 Å². The van der Waals surface area contributed by atoms with E-state index in [1.807, 2.05) is 24.3 Å². The molecule has 0 bridgehead atoms. The van der Waals surface area contributed by atoms with Gasteiger partial charge in [0.2, 0.25) is 17.7 Å². The van der Waals surface area contributed by atoms with Gasteiger partial charge >= 0.3 is 0 Å². The lowest BCUT2D eigenvalue weighted by Gasteiger charge is -2.32. The number of aromatic nitrogens is 3. The van der Waals surface area contributed by atoms with Gasteiger partial charge in [0.05, 0.1) is 5.56 Å². The molecule has 3 heterocycles. The molecule has 0 unspecified atom stereocenters. The average Bonchev–Trinajstić information content (AvgIpc) is 3.23. The first-order valence-corrected chi connectivity index (χ1v) is 10.0. The summed E-state index contributed by atoms with van der Waals surface area (Å²) in [5, 5.41) is 11.0. The molecule has 7 heteroatoms. The molecular weight excluding hydrogens is 366 g/mol. The largest absolute Gasteiger partial charge is 0.421 e. The molecule has 0 atom stereocenters. The zero-order valence-electron chi connectivity index (χ0n) is 16.5. The van der Waals surface area contributed by atoms with E-state index in [4.69, 9.17) is 4.42 Å². The van der Waals surface area contributed by atoms with Crippen LogP contribution in [0.25, 0.3) is 11.5 Å². The molecule has 0 aliphatic carbocycles. The fraction of sp³-hybridized carbons (Fsp3) is 0.364. The van der Waals surface area contributed by atoms with Gasteiger partial charge in [0.1, 0.15) is 0 Å². The molecule has 1 aliphatic heterocycles. The van der Waals surface area contributed by atoms with Gasteiger partial charge in [0, 0.05) is 49.7 Å². The van der Waals surface area contributed by atoms with Gasteiger partial charge in [0.15, 0.2) is 0 Å². The Labute approximate surface area is 170 Å². The molecule has 0 radical (unpaired) electrons. The highest BCUT2D eigenvalue weighted by Gasteiger charge is 2.16. The Kier molecular flexibility index (Phi) is 5.84. The minimum absolute atomic E-state index is 0.0781. The standard InChI is InChI=1S/C22H25N5O2/c1-16-10-13-27(14-11-16)19-6-4-18(5-7-19)24-20(28)8-9-21-25-26-22(29-21)17-3-2-12-23-15-17/h2-7,12,15-16H,8-11,13-14H2,1H3,(H,24,28). The first-order chi connectivity index (χ1) is 14.2. The van der Waals surface area contributed by atoms with Crippen LogP contribution in [0.2, 0.25) is 0 Å². The van der Waals surface area contributed by atoms with Crippen LogP contribution in [-0.2, 0) is 11.2 Å². The number of pyridine rings is 1. The lowest BCUT2D eigenvalue weighted by molar-refractivity contribution is -0.116. The lowest BCUT2D eigenvalue weighted by atomic mass is 9.99. The van der Waals surface area contributed by atoms with Gasteiger partial charge in [-0.15, -0.1) is 10.2 Å². The fourth-order valence-electron chi connectivity index (χ4n) is 3.43. The van der Waals surface area contributed by atoms with Crippen molar-refractivity contribution in [1.29, 1.82) is 0 Å². The number of nitrogens with zero attached hydrogens (tertiary/aromatic N) is 4. The van der Waals surface area contributed by atoms with Crippen molar-refractivity contribution in [2.45, 2.75) is 32.6 Å². The van der Waals surface area contributed by atoms with Gasteiger partial charge in [-0.1, -0.05) is 6.92 Å². The number of anilines is 2. The van der Waals surface area contributed by atoms with Gasteiger partial charge in [0.25, 0.3) is 0 Å². The molecule has 1 N–H and O–H groups in total. The second-order valence-corrected chi connectivity index (χ2v) is 7.51. The van der Waals surface area contributed by atoms with E-state index in [1.165, 1.54) is 18.5 Å². The van der Waals surface area contributed by atoms with Crippen molar-refractivity contribution in [2.24, 2.45) is 5.92 Å². The van der Waals surface area contributed by atoms with E-state index >= 15 is 0 Å². The van der Waals surface area contributed by atoms with Gasteiger partial charge in [-0.05, 0) is 55.2 Å². The second kappa shape index (κ2) is 8.86. The number of carbonyl (C=O) groups excluding carboxylic acids is 1. The molecule has 0 saturated carbocycles.